The molecule has 1 unspecified atom stereocenters. The molecule has 1 aliphatic heterocycles. The summed E-state index contributed by atoms with van der Waals surface area (Å²) in [6, 6.07) is 6.13. The van der Waals surface area contributed by atoms with E-state index in [1.54, 1.807) is 40.1 Å². The fourth-order valence-electron chi connectivity index (χ4n) is 3.50. The maximum absolute atomic E-state index is 13.2. The zero-order chi connectivity index (χ0) is 19.0. The summed E-state index contributed by atoms with van der Waals surface area (Å²) in [6.45, 7) is -0.278. The first-order valence-electron chi connectivity index (χ1n) is 8.53. The summed E-state index contributed by atoms with van der Waals surface area (Å²) in [5, 5.41) is 1.94. The van der Waals surface area contributed by atoms with Crippen LogP contribution in [0.5, 0.6) is 0 Å². The molecular weight excluding hydrogens is 374 g/mol. The highest BCUT2D eigenvalue weighted by Gasteiger charge is 2.35. The van der Waals surface area contributed by atoms with Gasteiger partial charge in [-0.2, -0.15) is 0 Å². The molecule has 0 aliphatic carbocycles. The van der Waals surface area contributed by atoms with E-state index < -0.39 is 24.6 Å². The Hall–Kier alpha value is -2.68. The van der Waals surface area contributed by atoms with Gasteiger partial charge in [0.15, 0.2) is 0 Å². The monoisotopic (exact) mass is 390 g/mol. The molecule has 27 heavy (non-hydrogen) atoms. The van der Waals surface area contributed by atoms with E-state index in [0.717, 1.165) is 4.57 Å². The van der Waals surface area contributed by atoms with E-state index in [0.29, 0.717) is 30.6 Å². The smallest absolute Gasteiger partial charge is 0.273 e. The highest BCUT2D eigenvalue weighted by Crippen LogP contribution is 2.32. The summed E-state index contributed by atoms with van der Waals surface area (Å²) in [4.78, 5) is 35.7. The molecular formula is C18H16F2N4O2S. The molecule has 1 amide bonds. The van der Waals surface area contributed by atoms with Crippen LogP contribution in [0.25, 0.3) is 10.9 Å². The number of rotatable bonds is 4. The molecule has 6 nitrogen and oxygen atoms in total. The summed E-state index contributed by atoms with van der Waals surface area (Å²) in [5.41, 5.74) is 1.81. The third kappa shape index (κ3) is 3.23. The lowest BCUT2D eigenvalue weighted by Crippen LogP contribution is -2.36. The molecule has 0 saturated carbocycles. The van der Waals surface area contributed by atoms with Crippen LogP contribution in [0.1, 0.15) is 35.2 Å². The van der Waals surface area contributed by atoms with E-state index >= 15 is 0 Å². The third-order valence-electron chi connectivity index (χ3n) is 4.67. The maximum atomic E-state index is 13.2. The Morgan fingerprint density at radius 3 is 2.89 bits per heavy atom. The van der Waals surface area contributed by atoms with Crippen molar-refractivity contribution in [1.82, 2.24) is 19.4 Å². The predicted octanol–water partition coefficient (Wildman–Crippen LogP) is 3.10. The van der Waals surface area contributed by atoms with Gasteiger partial charge in [-0.1, -0.05) is 12.1 Å². The van der Waals surface area contributed by atoms with Crippen LogP contribution in [0.15, 0.2) is 40.0 Å². The number of alkyl halides is 2. The Labute approximate surface area is 157 Å². The van der Waals surface area contributed by atoms with Crippen LogP contribution in [0.2, 0.25) is 0 Å². The van der Waals surface area contributed by atoms with Gasteiger partial charge in [-0.15, -0.1) is 11.3 Å². The van der Waals surface area contributed by atoms with E-state index in [1.807, 2.05) is 0 Å². The van der Waals surface area contributed by atoms with Gasteiger partial charge in [-0.3, -0.25) is 14.2 Å². The summed E-state index contributed by atoms with van der Waals surface area (Å²) < 4.78 is 27.4. The van der Waals surface area contributed by atoms with Crippen LogP contribution in [0.4, 0.5) is 8.78 Å². The second-order valence-corrected chi connectivity index (χ2v) is 7.04. The number of hydrogen-bond donors (Lipinski definition) is 0. The number of fused-ring (bicyclic) bond motifs is 1. The number of likely N-dealkylation sites (tertiary alicyclic amines) is 1. The minimum absolute atomic E-state index is 0.208. The molecule has 1 aromatic carbocycles. The second kappa shape index (κ2) is 7.15. The lowest BCUT2D eigenvalue weighted by molar-refractivity contribution is 0.0715. The van der Waals surface area contributed by atoms with Crippen molar-refractivity contribution in [3.05, 3.63) is 57.0 Å². The highest BCUT2D eigenvalue weighted by molar-refractivity contribution is 7.07. The van der Waals surface area contributed by atoms with Gasteiger partial charge in [-0.05, 0) is 25.0 Å². The molecule has 2 aromatic heterocycles. The van der Waals surface area contributed by atoms with Crippen molar-refractivity contribution in [2.75, 3.05) is 6.54 Å². The minimum Gasteiger partial charge on any atom is -0.327 e. The number of benzene rings is 1. The molecule has 0 bridgehead atoms. The van der Waals surface area contributed by atoms with Crippen molar-refractivity contribution in [2.24, 2.45) is 0 Å². The van der Waals surface area contributed by atoms with Crippen LogP contribution in [-0.2, 0) is 6.54 Å². The molecule has 0 N–H and O–H groups in total. The first-order valence-corrected chi connectivity index (χ1v) is 9.47. The molecule has 3 aromatic rings. The third-order valence-corrected chi connectivity index (χ3v) is 5.26. The van der Waals surface area contributed by atoms with E-state index in [1.165, 1.54) is 11.3 Å². The van der Waals surface area contributed by atoms with E-state index in [4.69, 9.17) is 0 Å². The number of aromatic nitrogens is 3. The Bertz CT molecular complexity index is 1040. The van der Waals surface area contributed by atoms with E-state index in [-0.39, 0.29) is 17.1 Å². The van der Waals surface area contributed by atoms with Crippen LogP contribution < -0.4 is 5.56 Å². The number of carbonyl (C=O) groups is 1. The number of carbonyl (C=O) groups excluding carboxylic acids is 1. The van der Waals surface area contributed by atoms with Crippen LogP contribution in [-0.4, -0.2) is 38.3 Å². The van der Waals surface area contributed by atoms with Gasteiger partial charge in [0.05, 0.1) is 29.0 Å². The largest absolute Gasteiger partial charge is 0.327 e. The Morgan fingerprint density at radius 1 is 1.33 bits per heavy atom. The minimum atomic E-state index is -2.70. The summed E-state index contributed by atoms with van der Waals surface area (Å²) in [5.74, 6) is -0.0650. The zero-order valence-electron chi connectivity index (χ0n) is 14.2. The van der Waals surface area contributed by atoms with Crippen molar-refractivity contribution < 1.29 is 13.6 Å². The quantitative estimate of drug-likeness (QED) is 0.687. The fourth-order valence-corrected chi connectivity index (χ4v) is 4.02. The number of amides is 1. The topological polar surface area (TPSA) is 68.1 Å². The summed E-state index contributed by atoms with van der Waals surface area (Å²) >= 11 is 1.31. The van der Waals surface area contributed by atoms with Gasteiger partial charge in [-0.25, -0.2) is 18.7 Å². The first-order chi connectivity index (χ1) is 13.1. The maximum Gasteiger partial charge on any atom is 0.273 e. The van der Waals surface area contributed by atoms with E-state index in [9.17, 15) is 18.4 Å². The molecule has 0 spiro atoms. The SMILES string of the molecule is O=C(c1cscn1)N1CCCC1c1nc2ccccc2c(=O)n1CC(F)F. The Balaban J connectivity index is 1.84. The molecule has 3 heterocycles. The normalized spacial score (nSPS) is 17.1. The zero-order valence-corrected chi connectivity index (χ0v) is 15.0. The van der Waals surface area contributed by atoms with Crippen molar-refractivity contribution in [1.29, 1.82) is 0 Å². The fraction of sp³-hybridized carbons (Fsp3) is 0.333. The number of para-hydroxylation sites is 1. The standard InChI is InChI=1S/C18H16F2N4O2S/c19-15(20)8-24-16(22-12-5-2-1-4-11(12)17(24)25)14-6-3-7-23(14)18(26)13-9-27-10-21-13/h1-2,4-5,9-10,14-15H,3,6-8H2. The van der Waals surface area contributed by atoms with Crippen LogP contribution in [0, 0.1) is 0 Å². The van der Waals surface area contributed by atoms with Crippen molar-refractivity contribution >= 4 is 28.1 Å². The van der Waals surface area contributed by atoms with Gasteiger partial charge < -0.3 is 4.90 Å². The van der Waals surface area contributed by atoms with Crippen LogP contribution >= 0.6 is 11.3 Å². The van der Waals surface area contributed by atoms with Gasteiger partial charge in [0.1, 0.15) is 11.5 Å². The molecule has 9 heteroatoms. The number of thiazole rings is 1. The molecule has 140 valence electrons. The Kier molecular flexibility index (Phi) is 4.69. The highest BCUT2D eigenvalue weighted by atomic mass is 32.1. The number of nitrogens with zero attached hydrogens (tertiary/aromatic N) is 4. The van der Waals surface area contributed by atoms with Crippen molar-refractivity contribution in [2.45, 2.75) is 31.9 Å². The lowest BCUT2D eigenvalue weighted by Gasteiger charge is -2.26. The summed E-state index contributed by atoms with van der Waals surface area (Å²) in [7, 11) is 0. The van der Waals surface area contributed by atoms with Crippen molar-refractivity contribution in [3.63, 3.8) is 0 Å². The first kappa shape index (κ1) is 17.7. The number of halogens is 2. The molecule has 1 aliphatic rings. The average molecular weight is 390 g/mol. The molecule has 4 rings (SSSR count). The van der Waals surface area contributed by atoms with Gasteiger partial charge in [0.2, 0.25) is 0 Å². The van der Waals surface area contributed by atoms with Gasteiger partial charge >= 0.3 is 0 Å². The van der Waals surface area contributed by atoms with Crippen LogP contribution in [0.3, 0.4) is 0 Å². The average Bonchev–Trinajstić information content (AvgIpc) is 3.35. The van der Waals surface area contributed by atoms with Crippen molar-refractivity contribution in [3.8, 4) is 0 Å². The molecule has 0 radical (unpaired) electrons. The van der Waals surface area contributed by atoms with E-state index in [2.05, 4.69) is 9.97 Å². The molecule has 1 saturated heterocycles. The lowest BCUT2D eigenvalue weighted by atomic mass is 10.1. The summed E-state index contributed by atoms with van der Waals surface area (Å²) in [6.07, 6.45) is -1.43. The second-order valence-electron chi connectivity index (χ2n) is 6.32. The Morgan fingerprint density at radius 2 is 2.15 bits per heavy atom. The number of hydrogen-bond acceptors (Lipinski definition) is 5. The molecule has 1 atom stereocenters. The predicted molar refractivity (Wildman–Crippen MR) is 97.1 cm³/mol. The van der Waals surface area contributed by atoms with Gasteiger partial charge in [0, 0.05) is 11.9 Å². The van der Waals surface area contributed by atoms with Gasteiger partial charge in [0.25, 0.3) is 17.9 Å². The molecule has 1 fully saturated rings.